The van der Waals surface area contributed by atoms with Crippen molar-refractivity contribution in [3.05, 3.63) is 53.6 Å². The Morgan fingerprint density at radius 1 is 0.960 bits per heavy atom. The van der Waals surface area contributed by atoms with Crippen molar-refractivity contribution in [1.29, 1.82) is 0 Å². The highest BCUT2D eigenvalue weighted by molar-refractivity contribution is 5.78. The summed E-state index contributed by atoms with van der Waals surface area (Å²) in [6.07, 6.45) is 0.623. The first kappa shape index (κ1) is 18.6. The fourth-order valence-electron chi connectivity index (χ4n) is 2.66. The molecule has 0 fully saturated rings. The maximum absolute atomic E-state index is 12.4. The quantitative estimate of drug-likeness (QED) is 0.800. The number of para-hydroxylation sites is 1. The molecule has 1 unspecified atom stereocenters. The van der Waals surface area contributed by atoms with Gasteiger partial charge in [-0.2, -0.15) is 0 Å². The largest absolute Gasteiger partial charge is 0.496 e. The van der Waals surface area contributed by atoms with Crippen molar-refractivity contribution in [3.63, 3.8) is 0 Å². The van der Waals surface area contributed by atoms with Crippen LogP contribution in [-0.4, -0.2) is 27.2 Å². The number of ether oxygens (including phenoxy) is 3. The molecular formula is C20H25NO4. The van der Waals surface area contributed by atoms with Crippen molar-refractivity contribution in [2.75, 3.05) is 21.3 Å². The Morgan fingerprint density at radius 3 is 2.32 bits per heavy atom. The van der Waals surface area contributed by atoms with Gasteiger partial charge in [0.05, 0.1) is 21.3 Å². The zero-order chi connectivity index (χ0) is 18.2. The minimum atomic E-state index is -0.159. The SMILES string of the molecule is COc1ccccc1CNC(=O)C(C)Cc1ccc(OC)c(OC)c1. The minimum Gasteiger partial charge on any atom is -0.496 e. The summed E-state index contributed by atoms with van der Waals surface area (Å²) in [5, 5.41) is 2.97. The normalized spacial score (nSPS) is 11.5. The first-order valence-corrected chi connectivity index (χ1v) is 8.19. The van der Waals surface area contributed by atoms with Gasteiger partial charge < -0.3 is 19.5 Å². The van der Waals surface area contributed by atoms with Crippen molar-refractivity contribution in [3.8, 4) is 17.2 Å². The Bertz CT molecular complexity index is 715. The van der Waals surface area contributed by atoms with Crippen molar-refractivity contribution in [1.82, 2.24) is 5.32 Å². The Labute approximate surface area is 148 Å². The van der Waals surface area contributed by atoms with E-state index in [0.717, 1.165) is 16.9 Å². The van der Waals surface area contributed by atoms with Crippen LogP contribution in [0.3, 0.4) is 0 Å². The van der Waals surface area contributed by atoms with Gasteiger partial charge in [-0.1, -0.05) is 31.2 Å². The molecular weight excluding hydrogens is 318 g/mol. The molecule has 2 aromatic rings. The monoisotopic (exact) mass is 343 g/mol. The number of carbonyl (C=O) groups is 1. The lowest BCUT2D eigenvalue weighted by molar-refractivity contribution is -0.124. The molecule has 134 valence electrons. The second-order valence-corrected chi connectivity index (χ2v) is 5.82. The summed E-state index contributed by atoms with van der Waals surface area (Å²) in [5.74, 6) is 1.96. The number of methoxy groups -OCH3 is 3. The predicted octanol–water partition coefficient (Wildman–Crippen LogP) is 3.21. The molecule has 2 rings (SSSR count). The van der Waals surface area contributed by atoms with E-state index in [1.165, 1.54) is 0 Å². The average molecular weight is 343 g/mol. The molecule has 5 nitrogen and oxygen atoms in total. The fraction of sp³-hybridized carbons (Fsp3) is 0.350. The number of hydrogen-bond acceptors (Lipinski definition) is 4. The van der Waals surface area contributed by atoms with Gasteiger partial charge in [-0.15, -0.1) is 0 Å². The van der Waals surface area contributed by atoms with E-state index in [1.54, 1.807) is 21.3 Å². The molecule has 0 bridgehead atoms. The Balaban J connectivity index is 1.96. The second kappa shape index (κ2) is 8.97. The van der Waals surface area contributed by atoms with Crippen LogP contribution in [0.1, 0.15) is 18.1 Å². The van der Waals surface area contributed by atoms with E-state index in [2.05, 4.69) is 5.32 Å². The zero-order valence-corrected chi connectivity index (χ0v) is 15.2. The van der Waals surface area contributed by atoms with Gasteiger partial charge in [0, 0.05) is 18.0 Å². The lowest BCUT2D eigenvalue weighted by Crippen LogP contribution is -2.30. The van der Waals surface area contributed by atoms with E-state index < -0.39 is 0 Å². The van der Waals surface area contributed by atoms with Gasteiger partial charge in [-0.05, 0) is 30.2 Å². The van der Waals surface area contributed by atoms with Crippen LogP contribution < -0.4 is 19.5 Å². The van der Waals surface area contributed by atoms with Crippen LogP contribution in [0.2, 0.25) is 0 Å². The van der Waals surface area contributed by atoms with Crippen molar-refractivity contribution < 1.29 is 19.0 Å². The first-order valence-electron chi connectivity index (χ1n) is 8.19. The fourth-order valence-corrected chi connectivity index (χ4v) is 2.66. The summed E-state index contributed by atoms with van der Waals surface area (Å²) in [4.78, 5) is 12.4. The summed E-state index contributed by atoms with van der Waals surface area (Å²) in [6, 6.07) is 13.4. The highest BCUT2D eigenvalue weighted by Crippen LogP contribution is 2.28. The summed E-state index contributed by atoms with van der Waals surface area (Å²) in [5.41, 5.74) is 1.98. The Morgan fingerprint density at radius 2 is 1.64 bits per heavy atom. The lowest BCUT2D eigenvalue weighted by Gasteiger charge is -2.15. The van der Waals surface area contributed by atoms with Crippen LogP contribution in [0.15, 0.2) is 42.5 Å². The molecule has 0 saturated heterocycles. The number of benzene rings is 2. The molecule has 0 saturated carbocycles. The standard InChI is InChI=1S/C20H25NO4/c1-14(11-15-9-10-18(24-3)19(12-15)25-4)20(22)21-13-16-7-5-6-8-17(16)23-2/h5-10,12,14H,11,13H2,1-4H3,(H,21,22). The Kier molecular flexibility index (Phi) is 6.69. The van der Waals surface area contributed by atoms with Crippen LogP contribution in [0.4, 0.5) is 0 Å². The molecule has 0 radical (unpaired) electrons. The molecule has 2 aromatic carbocycles. The molecule has 0 aromatic heterocycles. The minimum absolute atomic E-state index is 0.000640. The summed E-state index contributed by atoms with van der Waals surface area (Å²) in [6.45, 7) is 2.35. The molecule has 1 amide bonds. The van der Waals surface area contributed by atoms with Crippen LogP contribution >= 0.6 is 0 Å². The number of amides is 1. The van der Waals surface area contributed by atoms with Crippen molar-refractivity contribution in [2.45, 2.75) is 19.9 Å². The average Bonchev–Trinajstić information content (AvgIpc) is 2.65. The van der Waals surface area contributed by atoms with E-state index in [4.69, 9.17) is 14.2 Å². The van der Waals surface area contributed by atoms with Gasteiger partial charge in [-0.25, -0.2) is 0 Å². The first-order chi connectivity index (χ1) is 12.1. The molecule has 0 spiro atoms. The molecule has 25 heavy (non-hydrogen) atoms. The number of rotatable bonds is 8. The van der Waals surface area contributed by atoms with E-state index in [1.807, 2.05) is 49.4 Å². The van der Waals surface area contributed by atoms with Crippen molar-refractivity contribution in [2.24, 2.45) is 5.92 Å². The van der Waals surface area contributed by atoms with Gasteiger partial charge >= 0.3 is 0 Å². The molecule has 0 aliphatic carbocycles. The van der Waals surface area contributed by atoms with E-state index >= 15 is 0 Å². The van der Waals surface area contributed by atoms with E-state index in [9.17, 15) is 4.79 Å². The topological polar surface area (TPSA) is 56.8 Å². The number of hydrogen-bond donors (Lipinski definition) is 1. The molecule has 0 heterocycles. The molecule has 1 atom stereocenters. The van der Waals surface area contributed by atoms with Gasteiger partial charge in [0.25, 0.3) is 0 Å². The molecule has 5 heteroatoms. The molecule has 1 N–H and O–H groups in total. The summed E-state index contributed by atoms with van der Waals surface area (Å²) >= 11 is 0. The maximum Gasteiger partial charge on any atom is 0.223 e. The number of carbonyl (C=O) groups excluding carboxylic acids is 1. The second-order valence-electron chi connectivity index (χ2n) is 5.82. The third-order valence-corrected chi connectivity index (χ3v) is 4.08. The highest BCUT2D eigenvalue weighted by Gasteiger charge is 2.15. The molecule has 0 aliphatic rings. The van der Waals surface area contributed by atoms with Crippen LogP contribution in [0, 0.1) is 5.92 Å². The third kappa shape index (κ3) is 4.89. The van der Waals surface area contributed by atoms with Gasteiger partial charge in [0.2, 0.25) is 5.91 Å². The summed E-state index contributed by atoms with van der Waals surface area (Å²) in [7, 11) is 4.83. The zero-order valence-electron chi connectivity index (χ0n) is 15.2. The van der Waals surface area contributed by atoms with Crippen LogP contribution in [-0.2, 0) is 17.8 Å². The van der Waals surface area contributed by atoms with Gasteiger partial charge in [0.15, 0.2) is 11.5 Å². The summed E-state index contributed by atoms with van der Waals surface area (Å²) < 4.78 is 15.9. The smallest absolute Gasteiger partial charge is 0.223 e. The highest BCUT2D eigenvalue weighted by atomic mass is 16.5. The number of nitrogens with one attached hydrogen (secondary N) is 1. The maximum atomic E-state index is 12.4. The third-order valence-electron chi connectivity index (χ3n) is 4.08. The van der Waals surface area contributed by atoms with Gasteiger partial charge in [0.1, 0.15) is 5.75 Å². The lowest BCUT2D eigenvalue weighted by atomic mass is 10.00. The van der Waals surface area contributed by atoms with Crippen LogP contribution in [0.5, 0.6) is 17.2 Å². The van der Waals surface area contributed by atoms with Crippen LogP contribution in [0.25, 0.3) is 0 Å². The Hall–Kier alpha value is -2.69. The molecule has 0 aliphatic heterocycles. The predicted molar refractivity (Wildman–Crippen MR) is 97.3 cm³/mol. The van der Waals surface area contributed by atoms with E-state index in [0.29, 0.717) is 24.5 Å². The van der Waals surface area contributed by atoms with Crippen molar-refractivity contribution >= 4 is 5.91 Å². The van der Waals surface area contributed by atoms with Gasteiger partial charge in [-0.3, -0.25) is 4.79 Å². The van der Waals surface area contributed by atoms with E-state index in [-0.39, 0.29) is 11.8 Å².